The van der Waals surface area contributed by atoms with Crippen molar-refractivity contribution in [2.75, 3.05) is 0 Å². The maximum absolute atomic E-state index is 12.8. The Kier molecular flexibility index (Phi) is 3.76. The third-order valence-electron chi connectivity index (χ3n) is 2.40. The summed E-state index contributed by atoms with van der Waals surface area (Å²) < 4.78 is 14.2. The summed E-state index contributed by atoms with van der Waals surface area (Å²) in [6, 6.07) is 17.3. The van der Waals surface area contributed by atoms with Crippen LogP contribution in [0.5, 0.6) is 0 Å². The molecule has 2 aromatic rings. The zero-order chi connectivity index (χ0) is 11.4. The second kappa shape index (κ2) is 5.29. The summed E-state index contributed by atoms with van der Waals surface area (Å²) in [5.74, 6) is -0.164. The van der Waals surface area contributed by atoms with Gasteiger partial charge in [-0.25, -0.2) is 0 Å². The van der Waals surface area contributed by atoms with Crippen molar-refractivity contribution in [2.24, 2.45) is 0 Å². The van der Waals surface area contributed by atoms with E-state index in [1.165, 1.54) is 22.2 Å². The van der Waals surface area contributed by atoms with E-state index in [9.17, 15) is 4.39 Å². The molecule has 82 valence electrons. The van der Waals surface area contributed by atoms with E-state index in [1.54, 1.807) is 0 Å². The van der Waals surface area contributed by atoms with Crippen molar-refractivity contribution >= 4 is 19.4 Å². The van der Waals surface area contributed by atoms with Crippen LogP contribution in [-0.4, -0.2) is 15.0 Å². The summed E-state index contributed by atoms with van der Waals surface area (Å²) >= 11 is 0.402. The van der Waals surface area contributed by atoms with E-state index in [2.05, 4.69) is 31.2 Å². The van der Waals surface area contributed by atoms with Crippen molar-refractivity contribution in [3.8, 4) is 0 Å². The molecule has 0 unspecified atom stereocenters. The first kappa shape index (κ1) is 11.4. The topological polar surface area (TPSA) is 0 Å². The standard InChI is InChI=1S/C14H13FSe/c1-11(12-7-9-13(15)10-8-12)16-14-5-3-2-4-6-14/h2-11H,1H3/t11-/m0/s1. The van der Waals surface area contributed by atoms with Crippen molar-refractivity contribution < 1.29 is 4.39 Å². The minimum absolute atomic E-state index is 0.164. The van der Waals surface area contributed by atoms with Gasteiger partial charge in [-0.1, -0.05) is 0 Å². The molecule has 1 atom stereocenters. The third-order valence-corrected chi connectivity index (χ3v) is 4.85. The van der Waals surface area contributed by atoms with Gasteiger partial charge in [-0.05, 0) is 0 Å². The SMILES string of the molecule is C[C@H]([Se]c1ccccc1)c1ccc(F)cc1. The molecule has 0 heterocycles. The Hall–Kier alpha value is -1.11. The van der Waals surface area contributed by atoms with E-state index in [0.717, 1.165) is 0 Å². The van der Waals surface area contributed by atoms with Crippen molar-refractivity contribution in [3.05, 3.63) is 66.0 Å². The first-order valence-electron chi connectivity index (χ1n) is 5.23. The molecule has 0 bridgehead atoms. The van der Waals surface area contributed by atoms with Gasteiger partial charge in [0.25, 0.3) is 0 Å². The molecule has 2 heteroatoms. The van der Waals surface area contributed by atoms with Gasteiger partial charge in [0.2, 0.25) is 0 Å². The molecule has 0 aromatic heterocycles. The number of rotatable bonds is 3. The van der Waals surface area contributed by atoms with Crippen LogP contribution in [0.1, 0.15) is 17.3 Å². The zero-order valence-electron chi connectivity index (χ0n) is 9.06. The van der Waals surface area contributed by atoms with E-state index in [0.29, 0.717) is 19.8 Å². The van der Waals surface area contributed by atoms with Crippen LogP contribution < -0.4 is 4.46 Å². The number of benzene rings is 2. The van der Waals surface area contributed by atoms with Crippen LogP contribution in [-0.2, 0) is 0 Å². The van der Waals surface area contributed by atoms with Crippen LogP contribution in [0.3, 0.4) is 0 Å². The van der Waals surface area contributed by atoms with Crippen molar-refractivity contribution in [2.45, 2.75) is 11.7 Å². The third kappa shape index (κ3) is 2.94. The molecule has 16 heavy (non-hydrogen) atoms. The fourth-order valence-electron chi connectivity index (χ4n) is 1.51. The molecule has 0 N–H and O–H groups in total. The molecule has 0 spiro atoms. The summed E-state index contributed by atoms with van der Waals surface area (Å²) in [4.78, 5) is 0.482. The molecule has 0 saturated carbocycles. The Morgan fingerprint density at radius 3 is 2.19 bits per heavy atom. The van der Waals surface area contributed by atoms with Gasteiger partial charge in [0, 0.05) is 0 Å². The van der Waals surface area contributed by atoms with Crippen LogP contribution >= 0.6 is 0 Å². The Balaban J connectivity index is 2.09. The van der Waals surface area contributed by atoms with Gasteiger partial charge in [-0.3, -0.25) is 0 Å². The Bertz CT molecular complexity index is 436. The Labute approximate surface area is 102 Å². The molecule has 0 saturated heterocycles. The maximum atomic E-state index is 12.8. The fraction of sp³-hybridized carbons (Fsp3) is 0.143. The zero-order valence-corrected chi connectivity index (χ0v) is 10.8. The first-order valence-corrected chi connectivity index (χ1v) is 7.07. The monoisotopic (exact) mass is 280 g/mol. The minimum atomic E-state index is -0.164. The Morgan fingerprint density at radius 2 is 1.56 bits per heavy atom. The van der Waals surface area contributed by atoms with Gasteiger partial charge in [0.05, 0.1) is 0 Å². The van der Waals surface area contributed by atoms with Gasteiger partial charge in [0.15, 0.2) is 0 Å². The molecule has 2 aromatic carbocycles. The summed E-state index contributed by atoms with van der Waals surface area (Å²) in [5.41, 5.74) is 1.21. The van der Waals surface area contributed by atoms with E-state index in [-0.39, 0.29) is 5.82 Å². The van der Waals surface area contributed by atoms with Crippen molar-refractivity contribution in [3.63, 3.8) is 0 Å². The molecule has 0 amide bonds. The number of hydrogen-bond donors (Lipinski definition) is 0. The van der Waals surface area contributed by atoms with Crippen LogP contribution in [0.4, 0.5) is 4.39 Å². The predicted molar refractivity (Wildman–Crippen MR) is 66.6 cm³/mol. The number of hydrogen-bond acceptors (Lipinski definition) is 0. The number of halogens is 1. The molecule has 2 rings (SSSR count). The van der Waals surface area contributed by atoms with Crippen LogP contribution in [0, 0.1) is 5.82 Å². The van der Waals surface area contributed by atoms with Crippen molar-refractivity contribution in [1.29, 1.82) is 0 Å². The molecule has 0 fully saturated rings. The fourth-order valence-corrected chi connectivity index (χ4v) is 3.64. The molecular weight excluding hydrogens is 266 g/mol. The van der Waals surface area contributed by atoms with Gasteiger partial charge in [-0.2, -0.15) is 0 Å². The van der Waals surface area contributed by atoms with Gasteiger partial charge < -0.3 is 0 Å². The van der Waals surface area contributed by atoms with Crippen LogP contribution in [0.2, 0.25) is 0 Å². The normalized spacial score (nSPS) is 12.4. The van der Waals surface area contributed by atoms with Gasteiger partial charge in [0.1, 0.15) is 0 Å². The summed E-state index contributed by atoms with van der Waals surface area (Å²) in [7, 11) is 0. The van der Waals surface area contributed by atoms with Gasteiger partial charge in [-0.15, -0.1) is 0 Å². The molecule has 0 aliphatic heterocycles. The molecule has 0 nitrogen and oxygen atoms in total. The average molecular weight is 279 g/mol. The second-order valence-electron chi connectivity index (χ2n) is 3.62. The van der Waals surface area contributed by atoms with Crippen molar-refractivity contribution in [1.82, 2.24) is 0 Å². The summed E-state index contributed by atoms with van der Waals surface area (Å²) in [6.45, 7) is 2.19. The van der Waals surface area contributed by atoms with E-state index in [1.807, 2.05) is 18.2 Å². The van der Waals surface area contributed by atoms with Gasteiger partial charge >= 0.3 is 102 Å². The second-order valence-corrected chi connectivity index (χ2v) is 6.59. The molecule has 0 radical (unpaired) electrons. The quantitative estimate of drug-likeness (QED) is 0.758. The predicted octanol–water partition coefficient (Wildman–Crippen LogP) is 2.92. The van der Waals surface area contributed by atoms with Crippen LogP contribution in [0.15, 0.2) is 54.6 Å². The summed E-state index contributed by atoms with van der Waals surface area (Å²) in [5, 5.41) is 0. The molecule has 0 aliphatic carbocycles. The van der Waals surface area contributed by atoms with E-state index < -0.39 is 0 Å². The molecular formula is C14H13FSe. The first-order chi connectivity index (χ1) is 7.75. The average Bonchev–Trinajstić information content (AvgIpc) is 2.31. The Morgan fingerprint density at radius 1 is 0.938 bits per heavy atom. The molecule has 0 aliphatic rings. The van der Waals surface area contributed by atoms with E-state index in [4.69, 9.17) is 0 Å². The van der Waals surface area contributed by atoms with Crippen LogP contribution in [0.25, 0.3) is 0 Å². The van der Waals surface area contributed by atoms with E-state index >= 15 is 0 Å². The summed E-state index contributed by atoms with van der Waals surface area (Å²) in [6.07, 6.45) is 0.